The molecule has 0 amide bonds. The lowest BCUT2D eigenvalue weighted by Crippen LogP contribution is -2.45. The van der Waals surface area contributed by atoms with Crippen molar-refractivity contribution in [3.8, 4) is 0 Å². The van der Waals surface area contributed by atoms with Crippen molar-refractivity contribution in [3.05, 3.63) is 35.9 Å². The molecule has 2 heterocycles. The van der Waals surface area contributed by atoms with E-state index < -0.39 is 0 Å². The van der Waals surface area contributed by atoms with Gasteiger partial charge in [0.2, 0.25) is 0 Å². The molecule has 0 spiro atoms. The topological polar surface area (TPSA) is 27.6 Å². The quantitative estimate of drug-likeness (QED) is 0.899. The average Bonchev–Trinajstić information content (AvgIpc) is 2.88. The zero-order valence-electron chi connectivity index (χ0n) is 11.4. The number of hydrogen-bond acceptors (Lipinski definition) is 4. The SMILES string of the molecule is CN1CCCC(NC2=NC(c3ccccc3)CS2)C1. The minimum Gasteiger partial charge on any atom is -0.361 e. The molecule has 3 nitrogen and oxygen atoms in total. The molecule has 0 saturated carbocycles. The standard InChI is InChI=1S/C15H21N3S/c1-18-9-5-8-13(10-18)16-15-17-14(11-19-15)12-6-3-2-4-7-12/h2-4,6-7,13-14H,5,8-11H2,1H3,(H,16,17). The van der Waals surface area contributed by atoms with Gasteiger partial charge in [-0.3, -0.25) is 4.99 Å². The Kier molecular flexibility index (Phi) is 4.09. The maximum absolute atomic E-state index is 4.83. The molecule has 2 aliphatic heterocycles. The maximum Gasteiger partial charge on any atom is 0.157 e. The lowest BCUT2D eigenvalue weighted by Gasteiger charge is -2.30. The number of hydrogen-bond donors (Lipinski definition) is 1. The number of likely N-dealkylation sites (tertiary alicyclic amines) is 1. The summed E-state index contributed by atoms with van der Waals surface area (Å²) in [6.07, 6.45) is 2.55. The molecule has 2 unspecified atom stereocenters. The van der Waals surface area contributed by atoms with E-state index in [0.29, 0.717) is 12.1 Å². The van der Waals surface area contributed by atoms with Gasteiger partial charge in [0.05, 0.1) is 6.04 Å². The third kappa shape index (κ3) is 3.31. The molecule has 1 fully saturated rings. The van der Waals surface area contributed by atoms with Crippen LogP contribution in [0.4, 0.5) is 0 Å². The number of nitrogens with zero attached hydrogens (tertiary/aromatic N) is 2. The lowest BCUT2D eigenvalue weighted by atomic mass is 10.1. The zero-order valence-corrected chi connectivity index (χ0v) is 12.2. The first kappa shape index (κ1) is 13.0. The van der Waals surface area contributed by atoms with E-state index >= 15 is 0 Å². The molecule has 2 atom stereocenters. The largest absolute Gasteiger partial charge is 0.361 e. The molecule has 2 aliphatic rings. The number of likely N-dealkylation sites (N-methyl/N-ethyl adjacent to an activating group) is 1. The highest BCUT2D eigenvalue weighted by atomic mass is 32.2. The van der Waals surface area contributed by atoms with Gasteiger partial charge in [-0.15, -0.1) is 0 Å². The number of thioether (sulfide) groups is 1. The van der Waals surface area contributed by atoms with Crippen molar-refractivity contribution in [1.82, 2.24) is 10.2 Å². The molecule has 4 heteroatoms. The van der Waals surface area contributed by atoms with Crippen molar-refractivity contribution in [3.63, 3.8) is 0 Å². The third-order valence-electron chi connectivity index (χ3n) is 3.79. The first-order valence-electron chi connectivity index (χ1n) is 7.02. The number of nitrogens with one attached hydrogen (secondary N) is 1. The summed E-state index contributed by atoms with van der Waals surface area (Å²) in [6.45, 7) is 2.36. The van der Waals surface area contributed by atoms with E-state index in [9.17, 15) is 0 Å². The van der Waals surface area contributed by atoms with E-state index in [1.807, 2.05) is 11.8 Å². The third-order valence-corrected chi connectivity index (χ3v) is 4.77. The van der Waals surface area contributed by atoms with E-state index in [-0.39, 0.29) is 0 Å². The Hall–Kier alpha value is -1.00. The molecule has 19 heavy (non-hydrogen) atoms. The van der Waals surface area contributed by atoms with E-state index in [4.69, 9.17) is 4.99 Å². The zero-order chi connectivity index (χ0) is 13.1. The van der Waals surface area contributed by atoms with Crippen LogP contribution in [0.5, 0.6) is 0 Å². The second-order valence-electron chi connectivity index (χ2n) is 5.42. The van der Waals surface area contributed by atoms with Gasteiger partial charge in [-0.05, 0) is 32.0 Å². The normalized spacial score (nSPS) is 28.2. The first-order chi connectivity index (χ1) is 9.31. The summed E-state index contributed by atoms with van der Waals surface area (Å²) < 4.78 is 0. The predicted octanol–water partition coefficient (Wildman–Crippen LogP) is 2.51. The van der Waals surface area contributed by atoms with Crippen LogP contribution in [-0.4, -0.2) is 42.0 Å². The summed E-state index contributed by atoms with van der Waals surface area (Å²) in [5.74, 6) is 1.06. The van der Waals surface area contributed by atoms with Gasteiger partial charge in [-0.2, -0.15) is 0 Å². The molecule has 3 rings (SSSR count). The van der Waals surface area contributed by atoms with Crippen LogP contribution in [0.2, 0.25) is 0 Å². The Morgan fingerprint density at radius 2 is 2.16 bits per heavy atom. The van der Waals surface area contributed by atoms with Crippen LogP contribution in [0, 0.1) is 0 Å². The molecular formula is C15H21N3S. The minimum absolute atomic E-state index is 0.329. The number of piperidine rings is 1. The summed E-state index contributed by atoms with van der Waals surface area (Å²) in [5, 5.41) is 4.75. The van der Waals surface area contributed by atoms with Crippen molar-refractivity contribution in [1.29, 1.82) is 0 Å². The maximum atomic E-state index is 4.83. The molecule has 0 bridgehead atoms. The second-order valence-corrected chi connectivity index (χ2v) is 6.43. The fraction of sp³-hybridized carbons (Fsp3) is 0.533. The van der Waals surface area contributed by atoms with Crippen LogP contribution in [0.1, 0.15) is 24.4 Å². The highest BCUT2D eigenvalue weighted by Gasteiger charge is 2.23. The van der Waals surface area contributed by atoms with Crippen LogP contribution < -0.4 is 5.32 Å². The molecule has 1 aromatic rings. The van der Waals surface area contributed by atoms with Crippen LogP contribution in [-0.2, 0) is 0 Å². The van der Waals surface area contributed by atoms with Crippen molar-refractivity contribution >= 4 is 16.9 Å². The van der Waals surface area contributed by atoms with Crippen LogP contribution in [0.25, 0.3) is 0 Å². The number of amidine groups is 1. The van der Waals surface area contributed by atoms with Gasteiger partial charge in [0.25, 0.3) is 0 Å². The van der Waals surface area contributed by atoms with E-state index in [1.165, 1.54) is 24.9 Å². The molecule has 0 aliphatic carbocycles. The Morgan fingerprint density at radius 1 is 1.32 bits per heavy atom. The summed E-state index contributed by atoms with van der Waals surface area (Å²) in [7, 11) is 2.20. The van der Waals surface area contributed by atoms with E-state index in [1.54, 1.807) is 0 Å². The number of aliphatic imine (C=N–C) groups is 1. The van der Waals surface area contributed by atoms with Crippen molar-refractivity contribution in [2.75, 3.05) is 25.9 Å². The Balaban J connectivity index is 1.60. The fourth-order valence-corrected chi connectivity index (χ4v) is 3.79. The molecule has 0 radical (unpaired) electrons. The van der Waals surface area contributed by atoms with Crippen molar-refractivity contribution < 1.29 is 0 Å². The van der Waals surface area contributed by atoms with E-state index in [0.717, 1.165) is 17.5 Å². The molecule has 1 aromatic carbocycles. The van der Waals surface area contributed by atoms with Gasteiger partial charge in [-0.25, -0.2) is 0 Å². The van der Waals surface area contributed by atoms with Gasteiger partial charge in [0.1, 0.15) is 0 Å². The Bertz CT molecular complexity index is 446. The van der Waals surface area contributed by atoms with Gasteiger partial charge >= 0.3 is 0 Å². The predicted molar refractivity (Wildman–Crippen MR) is 82.7 cm³/mol. The van der Waals surface area contributed by atoms with Gasteiger partial charge in [0.15, 0.2) is 5.17 Å². The second kappa shape index (κ2) is 5.97. The van der Waals surface area contributed by atoms with Crippen LogP contribution in [0.3, 0.4) is 0 Å². The summed E-state index contributed by atoms with van der Waals surface area (Å²) >= 11 is 1.86. The molecule has 1 saturated heterocycles. The lowest BCUT2D eigenvalue weighted by molar-refractivity contribution is 0.241. The Morgan fingerprint density at radius 3 is 2.95 bits per heavy atom. The molecule has 102 valence electrons. The van der Waals surface area contributed by atoms with Gasteiger partial charge < -0.3 is 10.2 Å². The van der Waals surface area contributed by atoms with Crippen LogP contribution >= 0.6 is 11.8 Å². The molecule has 1 N–H and O–H groups in total. The number of rotatable bonds is 2. The van der Waals surface area contributed by atoms with Crippen molar-refractivity contribution in [2.45, 2.75) is 24.9 Å². The first-order valence-corrected chi connectivity index (χ1v) is 8.00. The smallest absolute Gasteiger partial charge is 0.157 e. The molecule has 0 aromatic heterocycles. The fourth-order valence-electron chi connectivity index (χ4n) is 2.76. The highest BCUT2D eigenvalue weighted by Crippen LogP contribution is 2.29. The van der Waals surface area contributed by atoms with Crippen molar-refractivity contribution in [2.24, 2.45) is 4.99 Å². The molecular weight excluding hydrogens is 254 g/mol. The highest BCUT2D eigenvalue weighted by molar-refractivity contribution is 8.14. The summed E-state index contributed by atoms with van der Waals surface area (Å²) in [6, 6.07) is 11.5. The summed E-state index contributed by atoms with van der Waals surface area (Å²) in [4.78, 5) is 7.23. The summed E-state index contributed by atoms with van der Waals surface area (Å²) in [5.41, 5.74) is 1.33. The number of benzene rings is 1. The minimum atomic E-state index is 0.329. The average molecular weight is 275 g/mol. The van der Waals surface area contributed by atoms with Gasteiger partial charge in [-0.1, -0.05) is 42.1 Å². The monoisotopic (exact) mass is 275 g/mol. The van der Waals surface area contributed by atoms with Crippen LogP contribution in [0.15, 0.2) is 35.3 Å². The Labute approximate surface area is 119 Å². The van der Waals surface area contributed by atoms with Gasteiger partial charge in [0, 0.05) is 18.3 Å². The van der Waals surface area contributed by atoms with E-state index in [2.05, 4.69) is 47.6 Å².